The molecule has 1 atom stereocenters. The van der Waals surface area contributed by atoms with Crippen LogP contribution >= 0.6 is 0 Å². The Morgan fingerprint density at radius 2 is 2.04 bits per heavy atom. The molecule has 2 aromatic rings. The number of carbonyl (C=O) groups excluding carboxylic acids is 2. The van der Waals surface area contributed by atoms with Gasteiger partial charge >= 0.3 is 6.03 Å². The Morgan fingerprint density at radius 3 is 2.72 bits per heavy atom. The van der Waals surface area contributed by atoms with Crippen LogP contribution in [-0.2, 0) is 11.3 Å². The summed E-state index contributed by atoms with van der Waals surface area (Å²) in [5.74, 6) is 0.857. The molecule has 3 rings (SSSR count). The van der Waals surface area contributed by atoms with Crippen molar-refractivity contribution in [2.75, 3.05) is 4.90 Å². The zero-order chi connectivity index (χ0) is 18.0. The number of urea groups is 1. The summed E-state index contributed by atoms with van der Waals surface area (Å²) in [6.45, 7) is 5.78. The van der Waals surface area contributed by atoms with E-state index in [4.69, 9.17) is 4.52 Å². The number of hydrogen-bond donors (Lipinski definition) is 1. The van der Waals surface area contributed by atoms with Crippen molar-refractivity contribution >= 4 is 17.8 Å². The first-order valence-corrected chi connectivity index (χ1v) is 8.35. The fourth-order valence-corrected chi connectivity index (χ4v) is 2.77. The molecule has 0 aliphatic carbocycles. The van der Waals surface area contributed by atoms with Crippen molar-refractivity contribution in [1.82, 2.24) is 30.5 Å². The average molecular weight is 347 g/mol. The highest BCUT2D eigenvalue weighted by atomic mass is 16.5. The molecule has 134 valence electrons. The van der Waals surface area contributed by atoms with Gasteiger partial charge in [0, 0.05) is 6.92 Å². The molecular weight excluding hydrogens is 326 g/mol. The maximum absolute atomic E-state index is 12.6. The van der Waals surface area contributed by atoms with E-state index >= 15 is 0 Å². The van der Waals surface area contributed by atoms with E-state index in [1.165, 1.54) is 4.68 Å². The number of unbranched alkanes of at least 4 members (excludes halogenated alkanes) is 2. The van der Waals surface area contributed by atoms with Crippen LogP contribution in [0.3, 0.4) is 0 Å². The number of amides is 3. The van der Waals surface area contributed by atoms with Crippen molar-refractivity contribution in [3.63, 3.8) is 0 Å². The Bertz CT molecular complexity index is 782. The molecule has 1 aliphatic heterocycles. The summed E-state index contributed by atoms with van der Waals surface area (Å²) in [7, 11) is 0. The third-order valence-corrected chi connectivity index (χ3v) is 4.15. The van der Waals surface area contributed by atoms with Crippen molar-refractivity contribution in [3.05, 3.63) is 17.4 Å². The normalized spacial score (nSPS) is 17.4. The van der Waals surface area contributed by atoms with E-state index in [1.807, 2.05) is 0 Å². The van der Waals surface area contributed by atoms with Gasteiger partial charge in [0.15, 0.2) is 11.6 Å². The largest absolute Gasteiger partial charge is 0.340 e. The first kappa shape index (κ1) is 17.1. The van der Waals surface area contributed by atoms with Gasteiger partial charge in [0.25, 0.3) is 5.91 Å². The zero-order valence-corrected chi connectivity index (χ0v) is 14.5. The predicted molar refractivity (Wildman–Crippen MR) is 86.8 cm³/mol. The van der Waals surface area contributed by atoms with Gasteiger partial charge in [-0.3, -0.25) is 4.79 Å². The van der Waals surface area contributed by atoms with Gasteiger partial charge in [-0.25, -0.2) is 14.4 Å². The fourth-order valence-electron chi connectivity index (χ4n) is 2.77. The van der Waals surface area contributed by atoms with Crippen LogP contribution in [0.1, 0.15) is 50.0 Å². The first-order chi connectivity index (χ1) is 12.0. The van der Waals surface area contributed by atoms with E-state index < -0.39 is 12.1 Å². The Balaban J connectivity index is 1.75. The van der Waals surface area contributed by atoms with Crippen LogP contribution in [-0.4, -0.2) is 43.1 Å². The lowest BCUT2D eigenvalue weighted by Crippen LogP contribution is -2.32. The van der Waals surface area contributed by atoms with Crippen LogP contribution < -0.4 is 10.2 Å². The molecule has 1 saturated heterocycles. The molecule has 0 saturated carbocycles. The number of nitrogens with zero attached hydrogens (tertiary/aromatic N) is 6. The molecule has 0 unspecified atom stereocenters. The number of carbonyl (C=O) groups is 2. The minimum Gasteiger partial charge on any atom is -0.340 e. The maximum Gasteiger partial charge on any atom is 0.330 e. The van der Waals surface area contributed by atoms with Gasteiger partial charge in [-0.1, -0.05) is 36.6 Å². The third-order valence-electron chi connectivity index (χ3n) is 4.15. The quantitative estimate of drug-likeness (QED) is 0.592. The number of aromatic nitrogens is 5. The predicted octanol–water partition coefficient (Wildman–Crippen LogP) is 1.33. The van der Waals surface area contributed by atoms with E-state index in [9.17, 15) is 9.59 Å². The minimum absolute atomic E-state index is 0.237. The SMILES string of the molecule is CCCCC[C@H]1NC(=O)N(c2nnn(Cc3noc(C)n3)c2C)C1=O. The Morgan fingerprint density at radius 1 is 1.24 bits per heavy atom. The van der Waals surface area contributed by atoms with Crippen LogP contribution in [0.5, 0.6) is 0 Å². The molecule has 0 aromatic carbocycles. The first-order valence-electron chi connectivity index (χ1n) is 8.35. The summed E-state index contributed by atoms with van der Waals surface area (Å²) in [5, 5.41) is 14.5. The molecule has 1 aliphatic rings. The van der Waals surface area contributed by atoms with Gasteiger partial charge in [0.2, 0.25) is 5.89 Å². The summed E-state index contributed by atoms with van der Waals surface area (Å²) in [6, 6.07) is -0.958. The number of rotatable bonds is 7. The third kappa shape index (κ3) is 3.37. The van der Waals surface area contributed by atoms with Crippen LogP contribution in [0.4, 0.5) is 10.6 Å². The number of anilines is 1. The van der Waals surface area contributed by atoms with Crippen LogP contribution in [0, 0.1) is 13.8 Å². The van der Waals surface area contributed by atoms with Crippen LogP contribution in [0.15, 0.2) is 4.52 Å². The second-order valence-corrected chi connectivity index (χ2v) is 6.06. The van der Waals surface area contributed by atoms with Gasteiger partial charge in [-0.05, 0) is 13.3 Å². The van der Waals surface area contributed by atoms with Crippen LogP contribution in [0.2, 0.25) is 0 Å². The highest BCUT2D eigenvalue weighted by molar-refractivity contribution is 6.21. The molecule has 10 nitrogen and oxygen atoms in total. The highest BCUT2D eigenvalue weighted by Gasteiger charge is 2.41. The Labute approximate surface area is 144 Å². The molecule has 0 radical (unpaired) electrons. The van der Waals surface area contributed by atoms with Crippen molar-refractivity contribution < 1.29 is 14.1 Å². The van der Waals surface area contributed by atoms with Gasteiger partial charge in [-0.15, -0.1) is 5.10 Å². The van der Waals surface area contributed by atoms with Crippen molar-refractivity contribution in [2.45, 2.75) is 59.0 Å². The topological polar surface area (TPSA) is 119 Å². The number of nitrogens with one attached hydrogen (secondary N) is 1. The molecule has 25 heavy (non-hydrogen) atoms. The maximum atomic E-state index is 12.6. The van der Waals surface area contributed by atoms with E-state index in [0.29, 0.717) is 23.8 Å². The standard InChI is InChI=1S/C15H21N7O3/c1-4-5-6-7-11-14(23)22(15(24)17-11)13-9(2)21(20-18-13)8-12-16-10(3)25-19-12/h11H,4-8H2,1-3H3,(H,17,24)/t11-/m1/s1. The highest BCUT2D eigenvalue weighted by Crippen LogP contribution is 2.23. The van der Waals surface area contributed by atoms with E-state index in [1.54, 1.807) is 13.8 Å². The smallest absolute Gasteiger partial charge is 0.330 e. The molecule has 0 spiro atoms. The van der Waals surface area contributed by atoms with Crippen molar-refractivity contribution in [2.24, 2.45) is 0 Å². The summed E-state index contributed by atoms with van der Waals surface area (Å²) in [6.07, 6.45) is 3.61. The Hall–Kier alpha value is -2.78. The number of aryl methyl sites for hydroxylation is 1. The van der Waals surface area contributed by atoms with Gasteiger partial charge in [-0.2, -0.15) is 4.98 Å². The zero-order valence-electron chi connectivity index (χ0n) is 14.5. The van der Waals surface area contributed by atoms with Crippen LogP contribution in [0.25, 0.3) is 0 Å². The van der Waals surface area contributed by atoms with E-state index in [0.717, 1.165) is 24.2 Å². The second kappa shape index (κ2) is 6.99. The fraction of sp³-hybridized carbons (Fsp3) is 0.600. The van der Waals surface area contributed by atoms with Gasteiger partial charge < -0.3 is 9.84 Å². The summed E-state index contributed by atoms with van der Waals surface area (Å²) < 4.78 is 6.46. The molecule has 0 bridgehead atoms. The number of hydrogen-bond acceptors (Lipinski definition) is 7. The lowest BCUT2D eigenvalue weighted by molar-refractivity contribution is -0.118. The molecule has 1 fully saturated rings. The second-order valence-electron chi connectivity index (χ2n) is 6.06. The average Bonchev–Trinajstić information content (AvgIpc) is 3.22. The lowest BCUT2D eigenvalue weighted by atomic mass is 10.1. The number of imide groups is 1. The molecule has 2 aromatic heterocycles. The summed E-state index contributed by atoms with van der Waals surface area (Å²) >= 11 is 0. The molecule has 3 heterocycles. The van der Waals surface area contributed by atoms with Crippen molar-refractivity contribution in [1.29, 1.82) is 0 Å². The van der Waals surface area contributed by atoms with E-state index in [2.05, 4.69) is 32.7 Å². The molecule has 10 heteroatoms. The summed E-state index contributed by atoms with van der Waals surface area (Å²) in [5.41, 5.74) is 0.583. The van der Waals surface area contributed by atoms with Gasteiger partial charge in [0.05, 0.1) is 5.69 Å². The molecular formula is C15H21N7O3. The monoisotopic (exact) mass is 347 g/mol. The van der Waals surface area contributed by atoms with Crippen molar-refractivity contribution in [3.8, 4) is 0 Å². The van der Waals surface area contributed by atoms with E-state index in [-0.39, 0.29) is 18.3 Å². The lowest BCUT2D eigenvalue weighted by Gasteiger charge is -2.10. The van der Waals surface area contributed by atoms with Gasteiger partial charge in [0.1, 0.15) is 12.6 Å². The summed E-state index contributed by atoms with van der Waals surface area (Å²) in [4.78, 5) is 30.0. The Kier molecular flexibility index (Phi) is 4.77. The molecule has 1 N–H and O–H groups in total. The molecule has 3 amide bonds. The minimum atomic E-state index is -0.497.